The lowest BCUT2D eigenvalue weighted by Gasteiger charge is -2.21. The van der Waals surface area contributed by atoms with Gasteiger partial charge in [0.15, 0.2) is 0 Å². The van der Waals surface area contributed by atoms with Gasteiger partial charge in [-0.3, -0.25) is 4.79 Å². The summed E-state index contributed by atoms with van der Waals surface area (Å²) in [5.41, 5.74) is 10.8. The van der Waals surface area contributed by atoms with Gasteiger partial charge in [-0.1, -0.05) is 32.9 Å². The monoisotopic (exact) mass is 294 g/mol. The zero-order valence-corrected chi connectivity index (χ0v) is 13.4. The lowest BCUT2D eigenvalue weighted by Crippen LogP contribution is -2.28. The first-order valence-corrected chi connectivity index (χ1v) is 7.67. The predicted octanol–water partition coefficient (Wildman–Crippen LogP) is 3.77. The SMILES string of the molecule is CC(C)(C)c1ccc(C(=O)N2CCc3cc(N)ccc32)cc1. The van der Waals surface area contributed by atoms with Gasteiger partial charge >= 0.3 is 0 Å². The van der Waals surface area contributed by atoms with E-state index in [-0.39, 0.29) is 11.3 Å². The van der Waals surface area contributed by atoms with Crippen LogP contribution in [0.4, 0.5) is 11.4 Å². The van der Waals surface area contributed by atoms with E-state index in [0.29, 0.717) is 0 Å². The van der Waals surface area contributed by atoms with Crippen molar-refractivity contribution in [3.8, 4) is 0 Å². The Morgan fingerprint density at radius 2 is 1.77 bits per heavy atom. The molecule has 0 unspecified atom stereocenters. The van der Waals surface area contributed by atoms with Crippen molar-refractivity contribution in [2.75, 3.05) is 17.2 Å². The van der Waals surface area contributed by atoms with Gasteiger partial charge in [0.05, 0.1) is 0 Å². The molecule has 0 aromatic heterocycles. The van der Waals surface area contributed by atoms with E-state index in [1.807, 2.05) is 47.4 Å². The Labute approximate surface area is 131 Å². The van der Waals surface area contributed by atoms with Crippen molar-refractivity contribution in [3.63, 3.8) is 0 Å². The van der Waals surface area contributed by atoms with Crippen molar-refractivity contribution in [2.45, 2.75) is 32.6 Å². The second kappa shape index (κ2) is 5.16. The first-order valence-electron chi connectivity index (χ1n) is 7.67. The van der Waals surface area contributed by atoms with Crippen LogP contribution in [0.5, 0.6) is 0 Å². The fraction of sp³-hybridized carbons (Fsp3) is 0.316. The van der Waals surface area contributed by atoms with Gasteiger partial charge < -0.3 is 10.6 Å². The number of nitrogens with two attached hydrogens (primary N) is 1. The van der Waals surface area contributed by atoms with E-state index in [1.54, 1.807) is 0 Å². The van der Waals surface area contributed by atoms with Crippen LogP contribution in [-0.2, 0) is 11.8 Å². The van der Waals surface area contributed by atoms with E-state index >= 15 is 0 Å². The average Bonchev–Trinajstić information content (AvgIpc) is 2.88. The third-order valence-electron chi connectivity index (χ3n) is 4.24. The molecule has 3 heteroatoms. The van der Waals surface area contributed by atoms with Crippen molar-refractivity contribution >= 4 is 17.3 Å². The van der Waals surface area contributed by atoms with Crippen LogP contribution in [0.15, 0.2) is 42.5 Å². The minimum atomic E-state index is 0.0592. The molecule has 0 bridgehead atoms. The highest BCUT2D eigenvalue weighted by molar-refractivity contribution is 6.07. The number of carbonyl (C=O) groups excluding carboxylic acids is 1. The van der Waals surface area contributed by atoms with Crippen LogP contribution in [0.2, 0.25) is 0 Å². The zero-order chi connectivity index (χ0) is 15.9. The summed E-state index contributed by atoms with van der Waals surface area (Å²) in [6.07, 6.45) is 0.867. The van der Waals surface area contributed by atoms with Crippen LogP contribution in [0.25, 0.3) is 0 Å². The fourth-order valence-electron chi connectivity index (χ4n) is 2.90. The Morgan fingerprint density at radius 3 is 2.41 bits per heavy atom. The average molecular weight is 294 g/mol. The van der Waals surface area contributed by atoms with E-state index in [4.69, 9.17) is 5.73 Å². The van der Waals surface area contributed by atoms with Crippen molar-refractivity contribution in [2.24, 2.45) is 0 Å². The summed E-state index contributed by atoms with van der Waals surface area (Å²) < 4.78 is 0. The van der Waals surface area contributed by atoms with Crippen LogP contribution in [0.3, 0.4) is 0 Å². The minimum absolute atomic E-state index is 0.0592. The van der Waals surface area contributed by atoms with Gasteiger partial charge in [0.25, 0.3) is 5.91 Å². The number of fused-ring (bicyclic) bond motifs is 1. The molecular weight excluding hydrogens is 272 g/mol. The van der Waals surface area contributed by atoms with Gasteiger partial charge in [0.1, 0.15) is 0 Å². The molecule has 0 aliphatic carbocycles. The number of rotatable bonds is 1. The molecule has 1 aliphatic rings. The van der Waals surface area contributed by atoms with Crippen molar-refractivity contribution < 1.29 is 4.79 Å². The summed E-state index contributed by atoms with van der Waals surface area (Å²) in [5.74, 6) is 0.0592. The van der Waals surface area contributed by atoms with E-state index < -0.39 is 0 Å². The van der Waals surface area contributed by atoms with Gasteiger partial charge in [-0.25, -0.2) is 0 Å². The molecule has 3 nitrogen and oxygen atoms in total. The third kappa shape index (κ3) is 2.59. The van der Waals surface area contributed by atoms with Gasteiger partial charge in [-0.05, 0) is 53.3 Å². The summed E-state index contributed by atoms with van der Waals surface area (Å²) in [4.78, 5) is 14.6. The van der Waals surface area contributed by atoms with Crippen molar-refractivity contribution in [1.82, 2.24) is 0 Å². The maximum absolute atomic E-state index is 12.8. The number of amides is 1. The number of carbonyl (C=O) groups is 1. The molecule has 1 aliphatic heterocycles. The Morgan fingerprint density at radius 1 is 1.09 bits per heavy atom. The summed E-state index contributed by atoms with van der Waals surface area (Å²) in [7, 11) is 0. The van der Waals surface area contributed by atoms with Gasteiger partial charge in [-0.15, -0.1) is 0 Å². The van der Waals surface area contributed by atoms with Crippen molar-refractivity contribution in [1.29, 1.82) is 0 Å². The van der Waals surface area contributed by atoms with Crippen LogP contribution < -0.4 is 10.6 Å². The normalized spacial score (nSPS) is 14.0. The van der Waals surface area contributed by atoms with Crippen LogP contribution in [0, 0.1) is 0 Å². The molecule has 0 spiro atoms. The Hall–Kier alpha value is -2.29. The van der Waals surface area contributed by atoms with Crippen LogP contribution in [-0.4, -0.2) is 12.5 Å². The fourth-order valence-corrected chi connectivity index (χ4v) is 2.90. The molecule has 0 fully saturated rings. The van der Waals surface area contributed by atoms with E-state index in [2.05, 4.69) is 20.8 Å². The molecule has 2 aromatic carbocycles. The maximum atomic E-state index is 12.8. The highest BCUT2D eigenvalue weighted by Crippen LogP contribution is 2.31. The molecule has 0 saturated carbocycles. The Balaban J connectivity index is 1.87. The number of nitrogens with zero attached hydrogens (tertiary/aromatic N) is 1. The number of hydrogen-bond donors (Lipinski definition) is 1. The number of hydrogen-bond acceptors (Lipinski definition) is 2. The second-order valence-electron chi connectivity index (χ2n) is 6.92. The summed E-state index contributed by atoms with van der Waals surface area (Å²) in [5, 5.41) is 0. The van der Waals surface area contributed by atoms with Crippen LogP contribution in [0.1, 0.15) is 42.3 Å². The summed E-state index contributed by atoms with van der Waals surface area (Å²) in [6, 6.07) is 13.7. The van der Waals surface area contributed by atoms with E-state index in [0.717, 1.165) is 35.5 Å². The molecule has 0 atom stereocenters. The highest BCUT2D eigenvalue weighted by atomic mass is 16.2. The Bertz CT molecular complexity index is 711. The topological polar surface area (TPSA) is 46.3 Å². The summed E-state index contributed by atoms with van der Waals surface area (Å²) >= 11 is 0. The van der Waals surface area contributed by atoms with Gasteiger partial charge in [0.2, 0.25) is 0 Å². The zero-order valence-electron chi connectivity index (χ0n) is 13.4. The largest absolute Gasteiger partial charge is 0.399 e. The quantitative estimate of drug-likeness (QED) is 0.814. The first-order chi connectivity index (χ1) is 10.4. The highest BCUT2D eigenvalue weighted by Gasteiger charge is 2.25. The van der Waals surface area contributed by atoms with Crippen LogP contribution >= 0.6 is 0 Å². The lowest BCUT2D eigenvalue weighted by molar-refractivity contribution is 0.0989. The number of benzene rings is 2. The smallest absolute Gasteiger partial charge is 0.258 e. The predicted molar refractivity (Wildman–Crippen MR) is 91.4 cm³/mol. The molecule has 1 amide bonds. The van der Waals surface area contributed by atoms with E-state index in [9.17, 15) is 4.79 Å². The molecule has 1 heterocycles. The second-order valence-corrected chi connectivity index (χ2v) is 6.92. The van der Waals surface area contributed by atoms with E-state index in [1.165, 1.54) is 5.56 Å². The molecule has 22 heavy (non-hydrogen) atoms. The third-order valence-corrected chi connectivity index (χ3v) is 4.24. The Kier molecular flexibility index (Phi) is 3.44. The maximum Gasteiger partial charge on any atom is 0.258 e. The molecule has 0 saturated heterocycles. The molecular formula is C19H22N2O. The molecule has 114 valence electrons. The summed E-state index contributed by atoms with van der Waals surface area (Å²) in [6.45, 7) is 7.24. The van der Waals surface area contributed by atoms with Gasteiger partial charge in [-0.2, -0.15) is 0 Å². The number of anilines is 2. The minimum Gasteiger partial charge on any atom is -0.399 e. The standard InChI is InChI=1S/C19H22N2O/c1-19(2,3)15-6-4-13(5-7-15)18(22)21-11-10-14-12-16(20)8-9-17(14)21/h4-9,12H,10-11,20H2,1-3H3. The molecule has 2 N–H and O–H groups in total. The molecule has 3 rings (SSSR count). The van der Waals surface area contributed by atoms with Crippen molar-refractivity contribution in [3.05, 3.63) is 59.2 Å². The first kappa shape index (κ1) is 14.6. The molecule has 0 radical (unpaired) electrons. The molecule has 2 aromatic rings. The van der Waals surface area contributed by atoms with Gasteiger partial charge in [0, 0.05) is 23.5 Å². The lowest BCUT2D eigenvalue weighted by atomic mass is 9.86. The number of nitrogen functional groups attached to an aromatic ring is 1.